The lowest BCUT2D eigenvalue weighted by molar-refractivity contribution is -0.384. The van der Waals surface area contributed by atoms with Gasteiger partial charge in [-0.1, -0.05) is 17.3 Å². The number of alkyl halides is 3. The second-order valence-electron chi connectivity index (χ2n) is 5.29. The summed E-state index contributed by atoms with van der Waals surface area (Å²) in [6.45, 7) is 0. The fourth-order valence-corrected chi connectivity index (χ4v) is 2.25. The summed E-state index contributed by atoms with van der Waals surface area (Å²) in [6.07, 6.45) is -4.49. The van der Waals surface area contributed by atoms with E-state index < -0.39 is 28.3 Å². The highest BCUT2D eigenvalue weighted by Crippen LogP contribution is 2.33. The number of benzene rings is 2. The van der Waals surface area contributed by atoms with Gasteiger partial charge >= 0.3 is 12.1 Å². The lowest BCUT2D eigenvalue weighted by Gasteiger charge is -2.05. The van der Waals surface area contributed by atoms with Crippen molar-refractivity contribution in [1.82, 2.24) is 10.1 Å². The average molecular weight is 379 g/mol. The molecule has 0 radical (unpaired) electrons. The highest BCUT2D eigenvalue weighted by Gasteiger charge is 2.30. The standard InChI is InChI=1S/C16H8F3N3O5/c17-16(18,19)10-4-1-8(2-5-10)13-20-14(27-21-13)11-6-3-9(15(23)24)7-12(11)22(25)26/h1-7H,(H,23,24). The lowest BCUT2D eigenvalue weighted by Crippen LogP contribution is -2.04. The molecule has 1 N–H and O–H groups in total. The van der Waals surface area contributed by atoms with Crippen LogP contribution in [0.5, 0.6) is 0 Å². The van der Waals surface area contributed by atoms with Crippen LogP contribution in [-0.4, -0.2) is 26.1 Å². The molecule has 0 aliphatic carbocycles. The summed E-state index contributed by atoms with van der Waals surface area (Å²) < 4.78 is 42.8. The second kappa shape index (κ2) is 6.52. The van der Waals surface area contributed by atoms with E-state index in [1.807, 2.05) is 0 Å². The number of carboxylic acid groups (broad SMARTS) is 1. The van der Waals surface area contributed by atoms with Crippen LogP contribution in [0.15, 0.2) is 47.0 Å². The van der Waals surface area contributed by atoms with Gasteiger partial charge in [0.05, 0.1) is 16.1 Å². The second-order valence-corrected chi connectivity index (χ2v) is 5.29. The Kier molecular flexibility index (Phi) is 4.35. The number of aromatic nitrogens is 2. The monoisotopic (exact) mass is 379 g/mol. The van der Waals surface area contributed by atoms with Crippen LogP contribution in [0, 0.1) is 10.1 Å². The molecule has 1 aromatic heterocycles. The molecule has 1 heterocycles. The smallest absolute Gasteiger partial charge is 0.416 e. The molecule has 0 aliphatic heterocycles. The number of aromatic carboxylic acids is 1. The van der Waals surface area contributed by atoms with Crippen molar-refractivity contribution < 1.29 is 32.5 Å². The Labute approximate surface area is 148 Å². The van der Waals surface area contributed by atoms with Gasteiger partial charge < -0.3 is 9.63 Å². The predicted molar refractivity (Wildman–Crippen MR) is 83.8 cm³/mol. The van der Waals surface area contributed by atoms with Gasteiger partial charge in [-0.2, -0.15) is 18.2 Å². The largest absolute Gasteiger partial charge is 0.478 e. The summed E-state index contributed by atoms with van der Waals surface area (Å²) in [5.41, 5.74) is -1.61. The van der Waals surface area contributed by atoms with Gasteiger partial charge in [0.15, 0.2) is 0 Å². The number of rotatable bonds is 4. The first-order valence-corrected chi connectivity index (χ1v) is 7.20. The molecule has 0 bridgehead atoms. The summed E-state index contributed by atoms with van der Waals surface area (Å²) in [5, 5.41) is 23.7. The van der Waals surface area contributed by atoms with Crippen molar-refractivity contribution in [2.24, 2.45) is 0 Å². The highest BCUT2D eigenvalue weighted by molar-refractivity contribution is 5.90. The highest BCUT2D eigenvalue weighted by atomic mass is 19.4. The molecule has 2 aromatic carbocycles. The summed E-state index contributed by atoms with van der Waals surface area (Å²) >= 11 is 0. The molecule has 0 saturated heterocycles. The van der Waals surface area contributed by atoms with Crippen molar-refractivity contribution in [3.8, 4) is 22.8 Å². The minimum Gasteiger partial charge on any atom is -0.478 e. The number of nitrogens with zero attached hydrogens (tertiary/aromatic N) is 3. The molecule has 0 atom stereocenters. The maximum atomic E-state index is 12.6. The van der Waals surface area contributed by atoms with Gasteiger partial charge in [-0.3, -0.25) is 10.1 Å². The Bertz CT molecular complexity index is 1030. The number of nitro groups is 1. The lowest BCUT2D eigenvalue weighted by atomic mass is 10.1. The van der Waals surface area contributed by atoms with Crippen LogP contribution >= 0.6 is 0 Å². The average Bonchev–Trinajstić information content (AvgIpc) is 3.10. The van der Waals surface area contributed by atoms with Crippen molar-refractivity contribution in [2.75, 3.05) is 0 Å². The Morgan fingerprint density at radius 1 is 1.15 bits per heavy atom. The summed E-state index contributed by atoms with van der Waals surface area (Å²) in [5.74, 6) is -1.69. The van der Waals surface area contributed by atoms with Crippen molar-refractivity contribution in [3.05, 3.63) is 63.7 Å². The van der Waals surface area contributed by atoms with Crippen molar-refractivity contribution in [3.63, 3.8) is 0 Å². The number of carboxylic acids is 1. The third-order valence-corrected chi connectivity index (χ3v) is 3.57. The molecule has 3 rings (SSSR count). The van der Waals surface area contributed by atoms with Gasteiger partial charge in [0, 0.05) is 11.6 Å². The first kappa shape index (κ1) is 18.0. The molecule has 27 heavy (non-hydrogen) atoms. The fraction of sp³-hybridized carbons (Fsp3) is 0.0625. The summed E-state index contributed by atoms with van der Waals surface area (Å²) in [7, 11) is 0. The number of nitro benzene ring substituents is 1. The Hall–Kier alpha value is -3.76. The van der Waals surface area contributed by atoms with Crippen LogP contribution in [0.2, 0.25) is 0 Å². The zero-order chi connectivity index (χ0) is 19.8. The van der Waals surface area contributed by atoms with Gasteiger partial charge in [-0.15, -0.1) is 0 Å². The Morgan fingerprint density at radius 2 is 1.81 bits per heavy atom. The number of halogens is 3. The molecule has 11 heteroatoms. The van der Waals surface area contributed by atoms with Crippen molar-refractivity contribution in [1.29, 1.82) is 0 Å². The maximum Gasteiger partial charge on any atom is 0.416 e. The van der Waals surface area contributed by atoms with Crippen LogP contribution in [0.4, 0.5) is 18.9 Å². The predicted octanol–water partition coefficient (Wildman–Crippen LogP) is 4.03. The molecule has 3 aromatic rings. The van der Waals surface area contributed by atoms with Crippen LogP contribution in [0.3, 0.4) is 0 Å². The Morgan fingerprint density at radius 3 is 2.37 bits per heavy atom. The number of carbonyl (C=O) groups is 1. The minimum absolute atomic E-state index is 0.0738. The maximum absolute atomic E-state index is 12.6. The van der Waals surface area contributed by atoms with Crippen LogP contribution < -0.4 is 0 Å². The summed E-state index contributed by atoms with van der Waals surface area (Å²) in [6, 6.07) is 7.09. The molecule has 0 unspecified atom stereocenters. The van der Waals surface area contributed by atoms with E-state index in [1.54, 1.807) is 0 Å². The normalized spacial score (nSPS) is 11.4. The van der Waals surface area contributed by atoms with E-state index in [9.17, 15) is 28.1 Å². The zero-order valence-electron chi connectivity index (χ0n) is 13.1. The molecule has 0 fully saturated rings. The fourth-order valence-electron chi connectivity index (χ4n) is 2.25. The molecular weight excluding hydrogens is 371 g/mol. The van der Waals surface area contributed by atoms with E-state index >= 15 is 0 Å². The first-order chi connectivity index (χ1) is 12.7. The first-order valence-electron chi connectivity index (χ1n) is 7.20. The van der Waals surface area contributed by atoms with E-state index in [2.05, 4.69) is 10.1 Å². The Balaban J connectivity index is 1.99. The molecule has 0 saturated carbocycles. The van der Waals surface area contributed by atoms with E-state index in [0.29, 0.717) is 0 Å². The summed E-state index contributed by atoms with van der Waals surface area (Å²) in [4.78, 5) is 25.3. The van der Waals surface area contributed by atoms with Gasteiger partial charge in [0.1, 0.15) is 5.56 Å². The van der Waals surface area contributed by atoms with E-state index in [1.165, 1.54) is 0 Å². The van der Waals surface area contributed by atoms with Gasteiger partial charge in [0.25, 0.3) is 11.6 Å². The third-order valence-electron chi connectivity index (χ3n) is 3.57. The molecule has 0 amide bonds. The minimum atomic E-state index is -4.49. The molecule has 0 spiro atoms. The van der Waals surface area contributed by atoms with Gasteiger partial charge in [-0.25, -0.2) is 4.79 Å². The topological polar surface area (TPSA) is 119 Å². The molecule has 138 valence electrons. The van der Waals surface area contributed by atoms with E-state index in [-0.39, 0.29) is 28.4 Å². The quantitative estimate of drug-likeness (QED) is 0.537. The van der Waals surface area contributed by atoms with Gasteiger partial charge in [-0.05, 0) is 24.3 Å². The van der Waals surface area contributed by atoms with Crippen molar-refractivity contribution >= 4 is 11.7 Å². The van der Waals surface area contributed by atoms with E-state index in [4.69, 9.17) is 9.63 Å². The van der Waals surface area contributed by atoms with Crippen molar-refractivity contribution in [2.45, 2.75) is 6.18 Å². The molecular formula is C16H8F3N3O5. The van der Waals surface area contributed by atoms with E-state index in [0.717, 1.165) is 42.5 Å². The molecule has 0 aliphatic rings. The number of hydrogen-bond acceptors (Lipinski definition) is 6. The SMILES string of the molecule is O=C(O)c1ccc(-c2nc(-c3ccc(C(F)(F)F)cc3)no2)c([N+](=O)[O-])c1. The van der Waals surface area contributed by atoms with Crippen LogP contribution in [0.1, 0.15) is 15.9 Å². The van der Waals surface area contributed by atoms with Crippen LogP contribution in [0.25, 0.3) is 22.8 Å². The van der Waals surface area contributed by atoms with Gasteiger partial charge in [0.2, 0.25) is 5.82 Å². The number of hydrogen-bond donors (Lipinski definition) is 1. The third kappa shape index (κ3) is 3.61. The van der Waals surface area contributed by atoms with Crippen LogP contribution in [-0.2, 0) is 6.18 Å². The zero-order valence-corrected chi connectivity index (χ0v) is 13.1. The molecule has 8 nitrogen and oxygen atoms in total.